The summed E-state index contributed by atoms with van der Waals surface area (Å²) in [5, 5.41) is 0. The summed E-state index contributed by atoms with van der Waals surface area (Å²) in [7, 11) is 0. The average Bonchev–Trinajstić information content (AvgIpc) is 2.62. The Bertz CT molecular complexity index is 538. The second-order valence-electron chi connectivity index (χ2n) is 4.91. The number of nitrogens with two attached hydrogens (primary N) is 1. The summed E-state index contributed by atoms with van der Waals surface area (Å²) < 4.78 is 13.9. The Balaban J connectivity index is 2.46. The van der Waals surface area contributed by atoms with Crippen LogP contribution >= 0.6 is 0 Å². The van der Waals surface area contributed by atoms with Gasteiger partial charge in [0.2, 0.25) is 11.8 Å². The molecule has 4 nitrogen and oxygen atoms in total. The van der Waals surface area contributed by atoms with Crippen molar-refractivity contribution < 1.29 is 14.0 Å². The minimum atomic E-state index is -0.690. The van der Waals surface area contributed by atoms with E-state index >= 15 is 0 Å². The fraction of sp³-hybridized carbons (Fsp3) is 0.429. The van der Waals surface area contributed by atoms with Crippen LogP contribution in [0.5, 0.6) is 0 Å². The minimum absolute atomic E-state index is 0.00650. The maximum atomic E-state index is 13.9. The van der Waals surface area contributed by atoms with Crippen LogP contribution < -0.4 is 10.6 Å². The molecule has 1 aromatic rings. The molecule has 1 fully saturated rings. The molecule has 0 saturated carbocycles. The maximum absolute atomic E-state index is 13.9. The van der Waals surface area contributed by atoms with Gasteiger partial charge in [-0.15, -0.1) is 0 Å². The maximum Gasteiger partial charge on any atom is 0.240 e. The monoisotopic (exact) mass is 264 g/mol. The molecule has 0 aromatic heterocycles. The number of halogens is 1. The smallest absolute Gasteiger partial charge is 0.240 e. The number of anilines is 2. The molecule has 2 rings (SSSR count). The van der Waals surface area contributed by atoms with Gasteiger partial charge in [0, 0.05) is 12.1 Å². The van der Waals surface area contributed by atoms with E-state index in [-0.39, 0.29) is 29.6 Å². The lowest BCUT2D eigenvalue weighted by Crippen LogP contribution is -2.35. The molecular weight excluding hydrogens is 247 g/mol. The quantitative estimate of drug-likeness (QED) is 0.673. The van der Waals surface area contributed by atoms with Crippen molar-refractivity contribution >= 4 is 23.2 Å². The zero-order chi connectivity index (χ0) is 14.2. The van der Waals surface area contributed by atoms with Gasteiger partial charge in [-0.1, -0.05) is 13.8 Å². The molecule has 5 heteroatoms. The largest absolute Gasteiger partial charge is 0.399 e. The number of carbonyl (C=O) groups excluding carboxylic acids is 2. The first-order chi connectivity index (χ1) is 8.95. The summed E-state index contributed by atoms with van der Waals surface area (Å²) >= 11 is 0. The molecule has 2 N–H and O–H groups in total. The van der Waals surface area contributed by atoms with Gasteiger partial charge in [-0.05, 0) is 31.0 Å². The first-order valence-corrected chi connectivity index (χ1v) is 6.37. The number of hydrogen-bond donors (Lipinski definition) is 1. The van der Waals surface area contributed by atoms with Crippen molar-refractivity contribution in [2.75, 3.05) is 10.6 Å². The van der Waals surface area contributed by atoms with Crippen LogP contribution in [0.4, 0.5) is 15.8 Å². The third-order valence-electron chi connectivity index (χ3n) is 3.96. The molecule has 1 aliphatic heterocycles. The zero-order valence-electron chi connectivity index (χ0n) is 11.1. The predicted octanol–water partition coefficient (Wildman–Crippen LogP) is 2.48. The molecule has 19 heavy (non-hydrogen) atoms. The van der Waals surface area contributed by atoms with Gasteiger partial charge in [0.05, 0.1) is 11.1 Å². The fourth-order valence-electron chi connectivity index (χ4n) is 2.55. The molecule has 0 radical (unpaired) electrons. The Hall–Kier alpha value is -1.91. The van der Waals surface area contributed by atoms with Crippen molar-refractivity contribution in [3.8, 4) is 0 Å². The average molecular weight is 264 g/mol. The van der Waals surface area contributed by atoms with Crippen LogP contribution in [0.25, 0.3) is 0 Å². The Morgan fingerprint density at radius 1 is 1.32 bits per heavy atom. The number of amides is 2. The number of benzene rings is 1. The summed E-state index contributed by atoms with van der Waals surface area (Å²) in [6.45, 7) is 3.75. The second kappa shape index (κ2) is 4.64. The van der Waals surface area contributed by atoms with Gasteiger partial charge in [-0.25, -0.2) is 9.29 Å². The van der Waals surface area contributed by atoms with E-state index in [0.29, 0.717) is 12.8 Å². The highest BCUT2D eigenvalue weighted by Gasteiger charge is 2.50. The van der Waals surface area contributed by atoms with E-state index in [4.69, 9.17) is 5.73 Å². The molecule has 1 heterocycles. The SMILES string of the molecule is CCC1(CC)CC(=O)N(c2ccc(N)cc2F)C1=O. The summed E-state index contributed by atoms with van der Waals surface area (Å²) in [6, 6.07) is 3.98. The number of rotatable bonds is 3. The van der Waals surface area contributed by atoms with Gasteiger partial charge in [0.25, 0.3) is 0 Å². The molecule has 1 aliphatic rings. The van der Waals surface area contributed by atoms with Gasteiger partial charge >= 0.3 is 0 Å². The van der Waals surface area contributed by atoms with E-state index in [1.165, 1.54) is 12.1 Å². The Morgan fingerprint density at radius 3 is 2.42 bits per heavy atom. The molecule has 2 amide bonds. The van der Waals surface area contributed by atoms with Crippen molar-refractivity contribution in [2.24, 2.45) is 5.41 Å². The van der Waals surface area contributed by atoms with E-state index in [1.54, 1.807) is 0 Å². The number of nitrogen functional groups attached to an aromatic ring is 1. The molecule has 0 unspecified atom stereocenters. The fourth-order valence-corrected chi connectivity index (χ4v) is 2.55. The van der Waals surface area contributed by atoms with Gasteiger partial charge in [-0.2, -0.15) is 0 Å². The molecule has 1 aromatic carbocycles. The second-order valence-corrected chi connectivity index (χ2v) is 4.91. The van der Waals surface area contributed by atoms with Crippen molar-refractivity contribution in [3.63, 3.8) is 0 Å². The Morgan fingerprint density at radius 2 is 1.95 bits per heavy atom. The first-order valence-electron chi connectivity index (χ1n) is 6.37. The lowest BCUT2D eigenvalue weighted by molar-refractivity contribution is -0.126. The Kier molecular flexibility index (Phi) is 3.30. The summed E-state index contributed by atoms with van der Waals surface area (Å²) in [5.41, 5.74) is 5.04. The summed E-state index contributed by atoms with van der Waals surface area (Å²) in [4.78, 5) is 25.5. The van der Waals surface area contributed by atoms with Crippen LogP contribution in [-0.4, -0.2) is 11.8 Å². The van der Waals surface area contributed by atoms with Gasteiger partial charge in [0.15, 0.2) is 0 Å². The van der Waals surface area contributed by atoms with Gasteiger partial charge < -0.3 is 5.73 Å². The topological polar surface area (TPSA) is 63.4 Å². The number of imide groups is 1. The third-order valence-corrected chi connectivity index (χ3v) is 3.96. The normalized spacial score (nSPS) is 18.2. The lowest BCUT2D eigenvalue weighted by atomic mass is 9.81. The summed E-state index contributed by atoms with van der Waals surface area (Å²) in [5.74, 6) is -1.31. The van der Waals surface area contributed by atoms with Crippen LogP contribution in [0.15, 0.2) is 18.2 Å². The molecule has 1 saturated heterocycles. The highest BCUT2D eigenvalue weighted by Crippen LogP contribution is 2.41. The van der Waals surface area contributed by atoms with E-state index in [9.17, 15) is 14.0 Å². The standard InChI is InChI=1S/C14H17FN2O2/c1-3-14(4-2)8-12(18)17(13(14)19)11-6-5-9(16)7-10(11)15/h5-7H,3-4,8,16H2,1-2H3. The number of carbonyl (C=O) groups is 2. The van der Waals surface area contributed by atoms with E-state index in [2.05, 4.69) is 0 Å². The molecule has 0 bridgehead atoms. The van der Waals surface area contributed by atoms with Crippen molar-refractivity contribution in [2.45, 2.75) is 33.1 Å². The molecule has 102 valence electrons. The highest BCUT2D eigenvalue weighted by molar-refractivity contribution is 6.22. The van der Waals surface area contributed by atoms with Gasteiger partial charge in [-0.3, -0.25) is 9.59 Å². The highest BCUT2D eigenvalue weighted by atomic mass is 19.1. The van der Waals surface area contributed by atoms with E-state index in [0.717, 1.165) is 11.0 Å². The van der Waals surface area contributed by atoms with Crippen molar-refractivity contribution in [3.05, 3.63) is 24.0 Å². The van der Waals surface area contributed by atoms with Crippen molar-refractivity contribution in [1.29, 1.82) is 0 Å². The van der Waals surface area contributed by atoms with E-state index < -0.39 is 11.2 Å². The molecule has 0 atom stereocenters. The molecule has 0 spiro atoms. The molecular formula is C14H17FN2O2. The zero-order valence-corrected chi connectivity index (χ0v) is 11.1. The van der Waals surface area contributed by atoms with Crippen LogP contribution in [0, 0.1) is 11.2 Å². The summed E-state index contributed by atoms with van der Waals surface area (Å²) in [6.07, 6.45) is 1.28. The third kappa shape index (κ3) is 1.99. The molecule has 0 aliphatic carbocycles. The van der Waals surface area contributed by atoms with Crippen LogP contribution in [0.3, 0.4) is 0 Å². The minimum Gasteiger partial charge on any atom is -0.399 e. The van der Waals surface area contributed by atoms with Crippen LogP contribution in [0.2, 0.25) is 0 Å². The van der Waals surface area contributed by atoms with E-state index in [1.807, 2.05) is 13.8 Å². The van der Waals surface area contributed by atoms with Crippen molar-refractivity contribution in [1.82, 2.24) is 0 Å². The van der Waals surface area contributed by atoms with Crippen LogP contribution in [0.1, 0.15) is 33.1 Å². The number of hydrogen-bond acceptors (Lipinski definition) is 3. The number of nitrogens with zero attached hydrogens (tertiary/aromatic N) is 1. The van der Waals surface area contributed by atoms with Crippen LogP contribution in [-0.2, 0) is 9.59 Å². The lowest BCUT2D eigenvalue weighted by Gasteiger charge is -2.23. The van der Waals surface area contributed by atoms with Gasteiger partial charge in [0.1, 0.15) is 5.82 Å². The Labute approximate surface area is 111 Å². The first kappa shape index (κ1) is 13.5. The predicted molar refractivity (Wildman–Crippen MR) is 70.9 cm³/mol.